The van der Waals surface area contributed by atoms with Crippen LogP contribution in [0.3, 0.4) is 0 Å². The quantitative estimate of drug-likeness (QED) is 0.915. The van der Waals surface area contributed by atoms with Crippen LogP contribution >= 0.6 is 0 Å². The third-order valence-electron chi connectivity index (χ3n) is 3.23. The average Bonchev–Trinajstić information content (AvgIpc) is 2.94. The van der Waals surface area contributed by atoms with Crippen LogP contribution in [0.25, 0.3) is 0 Å². The molecule has 0 saturated heterocycles. The molecule has 25 heavy (non-hydrogen) atoms. The van der Waals surface area contributed by atoms with Gasteiger partial charge in [0.05, 0.1) is 12.2 Å². The highest BCUT2D eigenvalue weighted by atomic mass is 16.6. The Bertz CT molecular complexity index is 762. The molecule has 0 fully saturated rings. The summed E-state index contributed by atoms with van der Waals surface area (Å²) in [5.41, 5.74) is 1.43. The van der Waals surface area contributed by atoms with Gasteiger partial charge >= 0.3 is 6.09 Å². The van der Waals surface area contributed by atoms with Crippen molar-refractivity contribution in [2.75, 3.05) is 12.4 Å². The van der Waals surface area contributed by atoms with Crippen LogP contribution in [0.15, 0.2) is 34.9 Å². The molecule has 1 aromatic carbocycles. The maximum absolute atomic E-state index is 12.2. The van der Waals surface area contributed by atoms with Gasteiger partial charge in [0.2, 0.25) is 5.76 Å². The minimum Gasteiger partial charge on any atom is -0.444 e. The molecular formula is C18H23N3O4. The Balaban J connectivity index is 2.10. The second kappa shape index (κ2) is 7.38. The summed E-state index contributed by atoms with van der Waals surface area (Å²) in [5.74, 6) is -0.263. The van der Waals surface area contributed by atoms with Crippen molar-refractivity contribution in [3.63, 3.8) is 0 Å². The number of nitrogens with zero attached hydrogens (tertiary/aromatic N) is 2. The second-order valence-corrected chi connectivity index (χ2v) is 6.78. The fourth-order valence-electron chi connectivity index (χ4n) is 2.09. The number of aryl methyl sites for hydroxylation is 1. The first kappa shape index (κ1) is 18.5. The Morgan fingerprint density at radius 1 is 1.28 bits per heavy atom. The SMILES string of the molecule is Cc1cc(C(=O)Nc2ccccc2CN(C)C(=O)OC(C)(C)C)on1. The van der Waals surface area contributed by atoms with Gasteiger partial charge in [0.25, 0.3) is 5.91 Å². The van der Waals surface area contributed by atoms with Crippen molar-refractivity contribution < 1.29 is 18.8 Å². The minimum atomic E-state index is -0.566. The number of nitrogens with one attached hydrogen (secondary N) is 1. The number of amides is 2. The van der Waals surface area contributed by atoms with Crippen molar-refractivity contribution in [3.05, 3.63) is 47.3 Å². The molecule has 0 radical (unpaired) electrons. The molecule has 1 heterocycles. The molecule has 1 N–H and O–H groups in total. The first-order valence-electron chi connectivity index (χ1n) is 7.92. The number of hydrogen-bond acceptors (Lipinski definition) is 5. The number of aromatic nitrogens is 1. The van der Waals surface area contributed by atoms with E-state index in [0.717, 1.165) is 5.56 Å². The van der Waals surface area contributed by atoms with Crippen LogP contribution in [0, 0.1) is 6.92 Å². The zero-order valence-corrected chi connectivity index (χ0v) is 15.1. The lowest BCUT2D eigenvalue weighted by atomic mass is 10.1. The Labute approximate surface area is 146 Å². The van der Waals surface area contributed by atoms with Gasteiger partial charge in [-0.25, -0.2) is 4.79 Å². The number of para-hydroxylation sites is 1. The molecule has 7 heteroatoms. The first-order valence-corrected chi connectivity index (χ1v) is 7.92. The molecule has 0 atom stereocenters. The lowest BCUT2D eigenvalue weighted by Gasteiger charge is -2.25. The first-order chi connectivity index (χ1) is 11.7. The molecule has 0 aliphatic heterocycles. The van der Waals surface area contributed by atoms with E-state index in [2.05, 4.69) is 10.5 Å². The number of anilines is 1. The van der Waals surface area contributed by atoms with Crippen molar-refractivity contribution in [2.45, 2.75) is 39.8 Å². The van der Waals surface area contributed by atoms with Crippen LogP contribution in [-0.4, -0.2) is 34.7 Å². The summed E-state index contributed by atoms with van der Waals surface area (Å²) >= 11 is 0. The smallest absolute Gasteiger partial charge is 0.410 e. The molecule has 0 saturated carbocycles. The van der Waals surface area contributed by atoms with Crippen molar-refractivity contribution in [1.29, 1.82) is 0 Å². The molecule has 2 amide bonds. The number of rotatable bonds is 4. The Kier molecular flexibility index (Phi) is 5.46. The molecule has 0 spiro atoms. The van der Waals surface area contributed by atoms with Gasteiger partial charge in [-0.15, -0.1) is 0 Å². The second-order valence-electron chi connectivity index (χ2n) is 6.78. The zero-order chi connectivity index (χ0) is 18.6. The standard InChI is InChI=1S/C18H23N3O4/c1-12-10-15(25-20-12)16(22)19-14-9-7-6-8-13(14)11-21(5)17(23)24-18(2,3)4/h6-10H,11H2,1-5H3,(H,19,22). The summed E-state index contributed by atoms with van der Waals surface area (Å²) in [6.45, 7) is 7.47. The van der Waals surface area contributed by atoms with Crippen LogP contribution in [0.4, 0.5) is 10.5 Å². The van der Waals surface area contributed by atoms with Crippen LogP contribution in [0.2, 0.25) is 0 Å². The monoisotopic (exact) mass is 345 g/mol. The van der Waals surface area contributed by atoms with E-state index in [1.54, 1.807) is 32.2 Å². The van der Waals surface area contributed by atoms with Gasteiger partial charge in [-0.3, -0.25) is 4.79 Å². The largest absolute Gasteiger partial charge is 0.444 e. The van der Waals surface area contributed by atoms with Crippen LogP contribution in [-0.2, 0) is 11.3 Å². The van der Waals surface area contributed by atoms with Crippen molar-refractivity contribution >= 4 is 17.7 Å². The van der Waals surface area contributed by atoms with Crippen molar-refractivity contribution in [2.24, 2.45) is 0 Å². The summed E-state index contributed by atoms with van der Waals surface area (Å²) in [6.07, 6.45) is -0.431. The highest BCUT2D eigenvalue weighted by Crippen LogP contribution is 2.19. The van der Waals surface area contributed by atoms with E-state index < -0.39 is 17.6 Å². The summed E-state index contributed by atoms with van der Waals surface area (Å²) in [7, 11) is 1.65. The van der Waals surface area contributed by atoms with Gasteiger partial charge in [0.15, 0.2) is 0 Å². The summed E-state index contributed by atoms with van der Waals surface area (Å²) in [4.78, 5) is 25.8. The molecule has 2 aromatic rings. The zero-order valence-electron chi connectivity index (χ0n) is 15.1. The van der Waals surface area contributed by atoms with Crippen molar-refractivity contribution in [1.82, 2.24) is 10.1 Å². The number of carbonyl (C=O) groups excluding carboxylic acids is 2. The molecule has 0 aliphatic carbocycles. The van der Waals surface area contributed by atoms with Gasteiger partial charge in [0.1, 0.15) is 5.60 Å². The molecule has 1 aromatic heterocycles. The maximum atomic E-state index is 12.2. The average molecular weight is 345 g/mol. The fourth-order valence-corrected chi connectivity index (χ4v) is 2.09. The number of ether oxygens (including phenoxy) is 1. The molecule has 0 unspecified atom stereocenters. The van der Waals surface area contributed by atoms with E-state index in [1.807, 2.05) is 32.9 Å². The molecule has 0 bridgehead atoms. The molecule has 0 aliphatic rings. The van der Waals surface area contributed by atoms with E-state index in [0.29, 0.717) is 17.9 Å². The lowest BCUT2D eigenvalue weighted by Crippen LogP contribution is -2.34. The van der Waals surface area contributed by atoms with Crippen LogP contribution in [0.1, 0.15) is 42.6 Å². The molecule has 7 nitrogen and oxygen atoms in total. The third kappa shape index (κ3) is 5.34. The topological polar surface area (TPSA) is 84.7 Å². The van der Waals surface area contributed by atoms with E-state index >= 15 is 0 Å². The normalized spacial score (nSPS) is 11.1. The molecular weight excluding hydrogens is 322 g/mol. The van der Waals surface area contributed by atoms with E-state index in [1.165, 1.54) is 4.90 Å². The third-order valence-corrected chi connectivity index (χ3v) is 3.23. The highest BCUT2D eigenvalue weighted by Gasteiger charge is 2.21. The minimum absolute atomic E-state index is 0.132. The fraction of sp³-hybridized carbons (Fsp3) is 0.389. The van der Waals surface area contributed by atoms with Gasteiger partial charge < -0.3 is 19.5 Å². The predicted molar refractivity (Wildman–Crippen MR) is 93.3 cm³/mol. The number of hydrogen-bond donors (Lipinski definition) is 1. The van der Waals surface area contributed by atoms with Gasteiger partial charge in [0, 0.05) is 18.8 Å². The van der Waals surface area contributed by atoms with Gasteiger partial charge in [-0.2, -0.15) is 0 Å². The van der Waals surface area contributed by atoms with Gasteiger partial charge in [-0.1, -0.05) is 23.4 Å². The van der Waals surface area contributed by atoms with E-state index in [4.69, 9.17) is 9.26 Å². The van der Waals surface area contributed by atoms with E-state index in [9.17, 15) is 9.59 Å². The maximum Gasteiger partial charge on any atom is 0.410 e. The number of carbonyl (C=O) groups is 2. The molecule has 2 rings (SSSR count). The van der Waals surface area contributed by atoms with Crippen LogP contribution in [0.5, 0.6) is 0 Å². The Morgan fingerprint density at radius 3 is 2.56 bits per heavy atom. The Morgan fingerprint density at radius 2 is 1.96 bits per heavy atom. The summed E-state index contributed by atoms with van der Waals surface area (Å²) in [5, 5.41) is 6.48. The van der Waals surface area contributed by atoms with E-state index in [-0.39, 0.29) is 5.76 Å². The summed E-state index contributed by atoms with van der Waals surface area (Å²) < 4.78 is 10.3. The Hall–Kier alpha value is -2.83. The summed E-state index contributed by atoms with van der Waals surface area (Å²) in [6, 6.07) is 8.80. The predicted octanol–water partition coefficient (Wildman–Crippen LogP) is 3.60. The molecule has 134 valence electrons. The van der Waals surface area contributed by atoms with Crippen molar-refractivity contribution in [3.8, 4) is 0 Å². The van der Waals surface area contributed by atoms with Crippen LogP contribution < -0.4 is 5.32 Å². The van der Waals surface area contributed by atoms with Gasteiger partial charge in [-0.05, 0) is 39.3 Å². The number of benzene rings is 1. The lowest BCUT2D eigenvalue weighted by molar-refractivity contribution is 0.0285. The highest BCUT2D eigenvalue weighted by molar-refractivity contribution is 6.02.